The van der Waals surface area contributed by atoms with Gasteiger partial charge in [-0.25, -0.2) is 4.98 Å². The molecule has 0 aliphatic heterocycles. The Morgan fingerprint density at radius 1 is 1.47 bits per heavy atom. The summed E-state index contributed by atoms with van der Waals surface area (Å²) in [7, 11) is 0. The van der Waals surface area contributed by atoms with Crippen LogP contribution in [0.5, 0.6) is 0 Å². The molecule has 0 amide bonds. The first-order chi connectivity index (χ1) is 7.22. The molecule has 0 spiro atoms. The topological polar surface area (TPSA) is 49.8 Å². The van der Waals surface area contributed by atoms with Crippen molar-refractivity contribution < 1.29 is 13.2 Å². The number of rotatable bonds is 2. The van der Waals surface area contributed by atoms with Gasteiger partial charge in [-0.05, 0) is 6.07 Å². The first-order valence-electron chi connectivity index (χ1n) is 4.26. The standard InChI is InChI=1S/C10H6F2N2O/c11-9(12)10-14-7-3-1-2-6(4-5-13)8(7)15-10/h1-3,9H,4H2. The van der Waals surface area contributed by atoms with Gasteiger partial charge in [-0.1, -0.05) is 12.1 Å². The molecule has 2 aromatic rings. The maximum Gasteiger partial charge on any atom is 0.313 e. The van der Waals surface area contributed by atoms with Crippen LogP contribution in [0.25, 0.3) is 11.1 Å². The summed E-state index contributed by atoms with van der Waals surface area (Å²) >= 11 is 0. The summed E-state index contributed by atoms with van der Waals surface area (Å²) in [4.78, 5) is 3.63. The minimum Gasteiger partial charge on any atom is -0.435 e. The van der Waals surface area contributed by atoms with Gasteiger partial charge in [0.1, 0.15) is 5.52 Å². The molecule has 1 heterocycles. The number of halogens is 2. The second-order valence-corrected chi connectivity index (χ2v) is 2.95. The Balaban J connectivity index is 2.60. The fourth-order valence-corrected chi connectivity index (χ4v) is 1.34. The lowest BCUT2D eigenvalue weighted by atomic mass is 10.1. The van der Waals surface area contributed by atoms with E-state index >= 15 is 0 Å². The molecular weight excluding hydrogens is 202 g/mol. The van der Waals surface area contributed by atoms with Crippen LogP contribution in [0.3, 0.4) is 0 Å². The van der Waals surface area contributed by atoms with Crippen molar-refractivity contribution in [3.8, 4) is 6.07 Å². The van der Waals surface area contributed by atoms with Crippen LogP contribution >= 0.6 is 0 Å². The zero-order chi connectivity index (χ0) is 10.8. The van der Waals surface area contributed by atoms with Gasteiger partial charge in [0.15, 0.2) is 5.58 Å². The van der Waals surface area contributed by atoms with Crippen LogP contribution in [0.2, 0.25) is 0 Å². The quantitative estimate of drug-likeness (QED) is 0.762. The lowest BCUT2D eigenvalue weighted by molar-refractivity contribution is 0.117. The summed E-state index contributed by atoms with van der Waals surface area (Å²) in [5, 5.41) is 8.53. The number of para-hydroxylation sites is 1. The molecule has 1 aromatic heterocycles. The zero-order valence-electron chi connectivity index (χ0n) is 7.58. The lowest BCUT2D eigenvalue weighted by Crippen LogP contribution is -1.81. The van der Waals surface area contributed by atoms with Gasteiger partial charge in [-0.2, -0.15) is 14.0 Å². The average Bonchev–Trinajstić information content (AvgIpc) is 2.63. The van der Waals surface area contributed by atoms with Crippen LogP contribution in [-0.4, -0.2) is 4.98 Å². The Bertz CT molecular complexity index is 528. The molecule has 0 atom stereocenters. The van der Waals surface area contributed by atoms with E-state index in [1.165, 1.54) is 0 Å². The molecule has 0 aliphatic rings. The molecule has 0 radical (unpaired) electrons. The number of nitrogens with zero attached hydrogens (tertiary/aromatic N) is 2. The van der Waals surface area contributed by atoms with Crippen molar-refractivity contribution in [2.75, 3.05) is 0 Å². The van der Waals surface area contributed by atoms with Crippen molar-refractivity contribution in [2.24, 2.45) is 0 Å². The smallest absolute Gasteiger partial charge is 0.313 e. The first kappa shape index (κ1) is 9.59. The van der Waals surface area contributed by atoms with Crippen molar-refractivity contribution >= 4 is 11.1 Å². The summed E-state index contributed by atoms with van der Waals surface area (Å²) in [5.41, 5.74) is 1.21. The van der Waals surface area contributed by atoms with E-state index in [2.05, 4.69) is 4.98 Å². The number of aromatic nitrogens is 1. The Kier molecular flexibility index (Phi) is 2.34. The highest BCUT2D eigenvalue weighted by atomic mass is 19.3. The van der Waals surface area contributed by atoms with Gasteiger partial charge in [0.05, 0.1) is 12.5 Å². The van der Waals surface area contributed by atoms with E-state index in [-0.39, 0.29) is 12.0 Å². The predicted octanol–water partition coefficient (Wildman–Crippen LogP) is 2.83. The van der Waals surface area contributed by atoms with Gasteiger partial charge in [0, 0.05) is 5.56 Å². The molecule has 3 nitrogen and oxygen atoms in total. The number of nitriles is 1. The van der Waals surface area contributed by atoms with Crippen molar-refractivity contribution in [2.45, 2.75) is 12.8 Å². The van der Waals surface area contributed by atoms with Crippen LogP contribution < -0.4 is 0 Å². The summed E-state index contributed by atoms with van der Waals surface area (Å²) in [6.07, 6.45) is -2.61. The van der Waals surface area contributed by atoms with Gasteiger partial charge in [0.25, 0.3) is 5.89 Å². The minimum atomic E-state index is -2.73. The second kappa shape index (κ2) is 3.65. The van der Waals surface area contributed by atoms with E-state index < -0.39 is 12.3 Å². The highest BCUT2D eigenvalue weighted by molar-refractivity contribution is 5.76. The molecule has 0 N–H and O–H groups in total. The molecule has 0 fully saturated rings. The van der Waals surface area contributed by atoms with Gasteiger partial charge in [-0.15, -0.1) is 0 Å². The molecule has 2 rings (SSSR count). The SMILES string of the molecule is N#CCc1cccc2nc(C(F)F)oc12. The summed E-state index contributed by atoms with van der Waals surface area (Å²) < 4.78 is 29.5. The van der Waals surface area contributed by atoms with Crippen molar-refractivity contribution in [3.05, 3.63) is 29.7 Å². The van der Waals surface area contributed by atoms with E-state index in [0.29, 0.717) is 11.1 Å². The molecule has 76 valence electrons. The summed E-state index contributed by atoms with van der Waals surface area (Å²) in [5.74, 6) is -0.601. The summed E-state index contributed by atoms with van der Waals surface area (Å²) in [6, 6.07) is 6.83. The van der Waals surface area contributed by atoms with Crippen molar-refractivity contribution in [3.63, 3.8) is 0 Å². The molecule has 0 aliphatic carbocycles. The number of oxazole rings is 1. The minimum absolute atomic E-state index is 0.120. The van der Waals surface area contributed by atoms with Crippen LogP contribution in [0, 0.1) is 11.3 Å². The number of fused-ring (bicyclic) bond motifs is 1. The number of benzene rings is 1. The Hall–Kier alpha value is -1.96. The molecule has 0 unspecified atom stereocenters. The molecule has 15 heavy (non-hydrogen) atoms. The average molecular weight is 208 g/mol. The van der Waals surface area contributed by atoms with Gasteiger partial charge in [-0.3, -0.25) is 0 Å². The highest BCUT2D eigenvalue weighted by Crippen LogP contribution is 2.25. The van der Waals surface area contributed by atoms with Crippen LogP contribution in [-0.2, 0) is 6.42 Å². The summed E-state index contributed by atoms with van der Waals surface area (Å²) in [6.45, 7) is 0. The molecule has 0 bridgehead atoms. The van der Waals surface area contributed by atoms with Crippen molar-refractivity contribution in [1.29, 1.82) is 5.26 Å². The lowest BCUT2D eigenvalue weighted by Gasteiger charge is -1.93. The zero-order valence-corrected chi connectivity index (χ0v) is 7.58. The maximum absolute atomic E-state index is 12.3. The van der Waals surface area contributed by atoms with Crippen molar-refractivity contribution in [1.82, 2.24) is 4.98 Å². The van der Waals surface area contributed by atoms with Crippen LogP contribution in [0.15, 0.2) is 22.6 Å². The normalized spacial score (nSPS) is 10.8. The molecule has 0 saturated carbocycles. The van der Waals surface area contributed by atoms with E-state index in [1.54, 1.807) is 18.2 Å². The van der Waals surface area contributed by atoms with Gasteiger partial charge < -0.3 is 4.42 Å². The number of alkyl halides is 2. The molecule has 5 heteroatoms. The fraction of sp³-hybridized carbons (Fsp3) is 0.200. The van der Waals surface area contributed by atoms with Gasteiger partial charge >= 0.3 is 6.43 Å². The van der Waals surface area contributed by atoms with E-state index in [9.17, 15) is 8.78 Å². The molecule has 0 saturated heterocycles. The number of hydrogen-bond donors (Lipinski definition) is 0. The molecule has 1 aromatic carbocycles. The third kappa shape index (κ3) is 1.66. The Morgan fingerprint density at radius 2 is 2.27 bits per heavy atom. The molecular formula is C10H6F2N2O. The Morgan fingerprint density at radius 3 is 2.93 bits per heavy atom. The third-order valence-electron chi connectivity index (χ3n) is 1.97. The third-order valence-corrected chi connectivity index (χ3v) is 1.97. The predicted molar refractivity (Wildman–Crippen MR) is 48.3 cm³/mol. The van der Waals surface area contributed by atoms with E-state index in [0.717, 1.165) is 0 Å². The fourth-order valence-electron chi connectivity index (χ4n) is 1.34. The monoisotopic (exact) mass is 208 g/mol. The van der Waals surface area contributed by atoms with Gasteiger partial charge in [0.2, 0.25) is 0 Å². The van der Waals surface area contributed by atoms with Crippen LogP contribution in [0.4, 0.5) is 8.78 Å². The highest BCUT2D eigenvalue weighted by Gasteiger charge is 2.16. The largest absolute Gasteiger partial charge is 0.435 e. The first-order valence-corrected chi connectivity index (χ1v) is 4.26. The number of hydrogen-bond acceptors (Lipinski definition) is 3. The maximum atomic E-state index is 12.3. The van der Waals surface area contributed by atoms with E-state index in [4.69, 9.17) is 9.68 Å². The second-order valence-electron chi connectivity index (χ2n) is 2.95. The van der Waals surface area contributed by atoms with E-state index in [1.807, 2.05) is 6.07 Å². The van der Waals surface area contributed by atoms with Crippen LogP contribution in [0.1, 0.15) is 17.9 Å². The Labute approximate surface area is 83.9 Å².